The van der Waals surface area contributed by atoms with Crippen molar-refractivity contribution in [2.45, 2.75) is 25.1 Å². The molecule has 0 saturated carbocycles. The van der Waals surface area contributed by atoms with Crippen LogP contribution in [0.2, 0.25) is 5.02 Å². The number of hydrogen-bond donors (Lipinski definition) is 1. The Balaban J connectivity index is 0.00000324. The molecule has 0 heterocycles. The van der Waals surface area contributed by atoms with Crippen molar-refractivity contribution in [2.24, 2.45) is 5.73 Å². The molecular formula is C10H11Cl2F3N2O2. The van der Waals surface area contributed by atoms with Gasteiger partial charge in [0.05, 0.1) is 4.92 Å². The summed E-state index contributed by atoms with van der Waals surface area (Å²) >= 11 is 5.76. The third-order valence-electron chi connectivity index (χ3n) is 2.33. The van der Waals surface area contributed by atoms with Gasteiger partial charge in [-0.3, -0.25) is 10.1 Å². The number of nitrogens with two attached hydrogens (primary N) is 1. The Hall–Kier alpha value is -1.05. The third kappa shape index (κ3) is 5.63. The lowest BCUT2D eigenvalue weighted by Crippen LogP contribution is -2.16. The minimum absolute atomic E-state index is 0. The van der Waals surface area contributed by atoms with Gasteiger partial charge in [-0.1, -0.05) is 11.6 Å². The molecule has 0 aromatic heterocycles. The normalized spacial score (nSPS) is 12.7. The SMILES string of the molecule is Cl.N[C@H](CCC(F)(F)F)c1cc([N+](=O)[O-])ccc1Cl. The van der Waals surface area contributed by atoms with Crippen molar-refractivity contribution < 1.29 is 18.1 Å². The summed E-state index contributed by atoms with van der Waals surface area (Å²) in [6.07, 6.45) is -5.75. The molecule has 0 fully saturated rings. The number of nitrogens with zero attached hydrogens (tertiary/aromatic N) is 1. The summed E-state index contributed by atoms with van der Waals surface area (Å²) in [5, 5.41) is 10.7. The minimum Gasteiger partial charge on any atom is -0.324 e. The van der Waals surface area contributed by atoms with E-state index in [1.165, 1.54) is 12.1 Å². The largest absolute Gasteiger partial charge is 0.389 e. The molecule has 4 nitrogen and oxygen atoms in total. The van der Waals surface area contributed by atoms with Crippen LogP contribution in [0.1, 0.15) is 24.4 Å². The van der Waals surface area contributed by atoms with Crippen molar-refractivity contribution in [1.82, 2.24) is 0 Å². The van der Waals surface area contributed by atoms with E-state index in [2.05, 4.69) is 0 Å². The maximum Gasteiger partial charge on any atom is 0.389 e. The fraction of sp³-hybridized carbons (Fsp3) is 0.400. The Kier molecular flexibility index (Phi) is 6.54. The number of nitro benzene ring substituents is 1. The van der Waals surface area contributed by atoms with Crippen molar-refractivity contribution in [3.63, 3.8) is 0 Å². The Morgan fingerprint density at radius 1 is 1.42 bits per heavy atom. The molecule has 0 aliphatic carbocycles. The van der Waals surface area contributed by atoms with E-state index in [1.54, 1.807) is 0 Å². The minimum atomic E-state index is -4.31. The van der Waals surface area contributed by atoms with E-state index < -0.39 is 23.6 Å². The number of nitro groups is 1. The molecule has 2 N–H and O–H groups in total. The highest BCUT2D eigenvalue weighted by molar-refractivity contribution is 6.31. The molecule has 1 aromatic carbocycles. The van der Waals surface area contributed by atoms with Crippen LogP contribution in [0.4, 0.5) is 18.9 Å². The lowest BCUT2D eigenvalue weighted by atomic mass is 10.0. The highest BCUT2D eigenvalue weighted by Gasteiger charge is 2.28. The molecule has 19 heavy (non-hydrogen) atoms. The summed E-state index contributed by atoms with van der Waals surface area (Å²) in [4.78, 5) is 9.89. The molecule has 0 aliphatic heterocycles. The van der Waals surface area contributed by atoms with Crippen LogP contribution in [-0.4, -0.2) is 11.1 Å². The number of benzene rings is 1. The second-order valence-corrected chi connectivity index (χ2v) is 4.13. The standard InChI is InChI=1S/C10H10ClF3N2O2.ClH/c11-8-2-1-6(16(17)18)5-7(8)9(15)3-4-10(12,13)14;/h1-2,5,9H,3-4,15H2;1H/t9-;/m1./s1. The van der Waals surface area contributed by atoms with Crippen LogP contribution in [0, 0.1) is 10.1 Å². The summed E-state index contributed by atoms with van der Waals surface area (Å²) in [7, 11) is 0. The van der Waals surface area contributed by atoms with Gasteiger partial charge in [-0.2, -0.15) is 13.2 Å². The number of rotatable bonds is 4. The first-order valence-electron chi connectivity index (χ1n) is 4.97. The van der Waals surface area contributed by atoms with Crippen LogP contribution < -0.4 is 5.73 Å². The van der Waals surface area contributed by atoms with Gasteiger partial charge in [0, 0.05) is 29.6 Å². The van der Waals surface area contributed by atoms with Crippen molar-refractivity contribution >= 4 is 29.7 Å². The number of alkyl halides is 3. The van der Waals surface area contributed by atoms with E-state index in [-0.39, 0.29) is 35.1 Å². The summed E-state index contributed by atoms with van der Waals surface area (Å²) < 4.78 is 36.1. The van der Waals surface area contributed by atoms with E-state index in [9.17, 15) is 23.3 Å². The Bertz CT molecular complexity index is 455. The highest BCUT2D eigenvalue weighted by Crippen LogP contribution is 2.31. The summed E-state index contributed by atoms with van der Waals surface area (Å²) in [6.45, 7) is 0. The van der Waals surface area contributed by atoms with E-state index in [4.69, 9.17) is 17.3 Å². The fourth-order valence-corrected chi connectivity index (χ4v) is 1.66. The van der Waals surface area contributed by atoms with Crippen LogP contribution in [0.15, 0.2) is 18.2 Å². The van der Waals surface area contributed by atoms with Gasteiger partial charge >= 0.3 is 6.18 Å². The number of hydrogen-bond acceptors (Lipinski definition) is 3. The van der Waals surface area contributed by atoms with Crippen LogP contribution >= 0.6 is 24.0 Å². The van der Waals surface area contributed by atoms with E-state index in [0.717, 1.165) is 6.07 Å². The molecular weight excluding hydrogens is 308 g/mol. The summed E-state index contributed by atoms with van der Waals surface area (Å²) in [5.74, 6) is 0. The Labute approximate surface area is 118 Å². The number of non-ortho nitro benzene ring substituents is 1. The molecule has 1 aromatic rings. The fourth-order valence-electron chi connectivity index (χ4n) is 1.40. The predicted octanol–water partition coefficient (Wildman–Crippen LogP) is 4.01. The van der Waals surface area contributed by atoms with Gasteiger partial charge in [0.1, 0.15) is 0 Å². The van der Waals surface area contributed by atoms with Gasteiger partial charge < -0.3 is 5.73 Å². The summed E-state index contributed by atoms with van der Waals surface area (Å²) in [6, 6.07) is 2.53. The predicted molar refractivity (Wildman–Crippen MR) is 67.6 cm³/mol. The summed E-state index contributed by atoms with van der Waals surface area (Å²) in [5.41, 5.74) is 5.46. The van der Waals surface area contributed by atoms with Crippen LogP contribution in [0.5, 0.6) is 0 Å². The van der Waals surface area contributed by atoms with Gasteiger partial charge in [0.2, 0.25) is 0 Å². The van der Waals surface area contributed by atoms with Gasteiger partial charge in [0.25, 0.3) is 5.69 Å². The van der Waals surface area contributed by atoms with Crippen LogP contribution in [-0.2, 0) is 0 Å². The van der Waals surface area contributed by atoms with Crippen LogP contribution in [0.3, 0.4) is 0 Å². The van der Waals surface area contributed by atoms with Crippen molar-refractivity contribution in [1.29, 1.82) is 0 Å². The van der Waals surface area contributed by atoms with Crippen LogP contribution in [0.25, 0.3) is 0 Å². The van der Waals surface area contributed by atoms with Crippen molar-refractivity contribution in [3.8, 4) is 0 Å². The lowest BCUT2D eigenvalue weighted by molar-refractivity contribution is -0.384. The molecule has 108 valence electrons. The average Bonchev–Trinajstić information content (AvgIpc) is 2.25. The highest BCUT2D eigenvalue weighted by atomic mass is 35.5. The molecule has 1 rings (SSSR count). The second kappa shape index (κ2) is 6.93. The molecule has 0 saturated heterocycles. The second-order valence-electron chi connectivity index (χ2n) is 3.72. The zero-order chi connectivity index (χ0) is 13.9. The average molecular weight is 319 g/mol. The van der Waals surface area contributed by atoms with E-state index >= 15 is 0 Å². The van der Waals surface area contributed by atoms with Gasteiger partial charge in [-0.05, 0) is 18.1 Å². The molecule has 9 heteroatoms. The maximum absolute atomic E-state index is 12.0. The molecule has 0 unspecified atom stereocenters. The first-order valence-corrected chi connectivity index (χ1v) is 5.34. The molecule has 0 radical (unpaired) electrons. The van der Waals surface area contributed by atoms with Gasteiger partial charge in [-0.25, -0.2) is 0 Å². The molecule has 0 amide bonds. The van der Waals surface area contributed by atoms with E-state index in [1.807, 2.05) is 0 Å². The molecule has 1 atom stereocenters. The van der Waals surface area contributed by atoms with Crippen molar-refractivity contribution in [3.05, 3.63) is 38.9 Å². The maximum atomic E-state index is 12.0. The zero-order valence-electron chi connectivity index (χ0n) is 9.48. The Morgan fingerprint density at radius 3 is 2.47 bits per heavy atom. The quantitative estimate of drug-likeness (QED) is 0.673. The van der Waals surface area contributed by atoms with Crippen molar-refractivity contribution in [2.75, 3.05) is 0 Å². The van der Waals surface area contributed by atoms with Gasteiger partial charge in [0.15, 0.2) is 0 Å². The lowest BCUT2D eigenvalue weighted by Gasteiger charge is -2.14. The molecule has 0 spiro atoms. The van der Waals surface area contributed by atoms with Gasteiger partial charge in [-0.15, -0.1) is 12.4 Å². The zero-order valence-corrected chi connectivity index (χ0v) is 11.1. The first kappa shape index (κ1) is 17.9. The van der Waals surface area contributed by atoms with E-state index in [0.29, 0.717) is 0 Å². The topological polar surface area (TPSA) is 69.2 Å². The smallest absolute Gasteiger partial charge is 0.324 e. The monoisotopic (exact) mass is 318 g/mol. The molecule has 0 bridgehead atoms. The first-order chi connectivity index (χ1) is 8.20. The number of halogens is 5. The third-order valence-corrected chi connectivity index (χ3v) is 2.67. The Morgan fingerprint density at radius 2 is 2.00 bits per heavy atom. The molecule has 0 aliphatic rings.